The molecular weight excluding hydrogens is 420 g/mol. The Bertz CT molecular complexity index is 932. The van der Waals surface area contributed by atoms with Crippen LogP contribution in [0.25, 0.3) is 10.2 Å². The SMILES string of the molecule is O=C(Nc1nc2ccc(Br)cc2s1)C1(c2ccc(Cl)cc2)CCCC1. The molecule has 1 heterocycles. The number of carbonyl (C=O) groups excluding carboxylic acids is 1. The van der Waals surface area contributed by atoms with Crippen molar-refractivity contribution in [3.8, 4) is 0 Å². The number of nitrogens with zero attached hydrogens (tertiary/aromatic N) is 1. The predicted octanol–water partition coefficient (Wildman–Crippen LogP) is 6.16. The van der Waals surface area contributed by atoms with Gasteiger partial charge >= 0.3 is 0 Å². The standard InChI is InChI=1S/C19H16BrClN2OS/c20-13-5-8-15-16(11-13)25-18(22-15)23-17(24)19(9-1-2-10-19)12-3-6-14(21)7-4-12/h3-8,11H,1-2,9-10H2,(H,22,23,24). The van der Waals surface area contributed by atoms with E-state index in [1.807, 2.05) is 42.5 Å². The molecular formula is C19H16BrClN2OS. The molecule has 4 rings (SSSR count). The number of nitrogens with one attached hydrogen (secondary N) is 1. The summed E-state index contributed by atoms with van der Waals surface area (Å²) < 4.78 is 2.06. The number of hydrogen-bond donors (Lipinski definition) is 1. The minimum Gasteiger partial charge on any atom is -0.301 e. The molecule has 1 fully saturated rings. The summed E-state index contributed by atoms with van der Waals surface area (Å²) in [4.78, 5) is 17.7. The van der Waals surface area contributed by atoms with Crippen molar-refractivity contribution in [1.29, 1.82) is 0 Å². The van der Waals surface area contributed by atoms with Gasteiger partial charge in [0.15, 0.2) is 5.13 Å². The van der Waals surface area contributed by atoms with Crippen LogP contribution < -0.4 is 5.32 Å². The van der Waals surface area contributed by atoms with Crippen molar-refractivity contribution in [2.45, 2.75) is 31.1 Å². The van der Waals surface area contributed by atoms with E-state index >= 15 is 0 Å². The summed E-state index contributed by atoms with van der Waals surface area (Å²) in [5.74, 6) is 0.0328. The van der Waals surface area contributed by atoms with Crippen LogP contribution in [0.5, 0.6) is 0 Å². The number of hydrogen-bond acceptors (Lipinski definition) is 3. The number of anilines is 1. The molecule has 3 aromatic rings. The number of carbonyl (C=O) groups is 1. The van der Waals surface area contributed by atoms with E-state index in [0.717, 1.165) is 45.9 Å². The van der Waals surface area contributed by atoms with Crippen molar-refractivity contribution < 1.29 is 4.79 Å². The number of amides is 1. The van der Waals surface area contributed by atoms with Gasteiger partial charge in [0.25, 0.3) is 0 Å². The average molecular weight is 436 g/mol. The fourth-order valence-electron chi connectivity index (χ4n) is 3.56. The first kappa shape index (κ1) is 17.0. The molecule has 25 heavy (non-hydrogen) atoms. The van der Waals surface area contributed by atoms with E-state index in [4.69, 9.17) is 11.6 Å². The Morgan fingerprint density at radius 1 is 1.16 bits per heavy atom. The van der Waals surface area contributed by atoms with Crippen LogP contribution in [0.2, 0.25) is 5.02 Å². The van der Waals surface area contributed by atoms with E-state index in [1.165, 1.54) is 11.3 Å². The van der Waals surface area contributed by atoms with Crippen molar-refractivity contribution in [3.63, 3.8) is 0 Å². The van der Waals surface area contributed by atoms with Crippen LogP contribution in [-0.2, 0) is 10.2 Å². The van der Waals surface area contributed by atoms with Gasteiger partial charge in [-0.05, 0) is 48.7 Å². The summed E-state index contributed by atoms with van der Waals surface area (Å²) in [6.45, 7) is 0. The van der Waals surface area contributed by atoms with Crippen molar-refractivity contribution in [2.75, 3.05) is 5.32 Å². The Balaban J connectivity index is 1.65. The second-order valence-electron chi connectivity index (χ2n) is 6.38. The van der Waals surface area contributed by atoms with Crippen molar-refractivity contribution in [3.05, 3.63) is 57.5 Å². The predicted molar refractivity (Wildman–Crippen MR) is 108 cm³/mol. The molecule has 1 amide bonds. The van der Waals surface area contributed by atoms with Gasteiger partial charge in [0.1, 0.15) is 0 Å². The molecule has 1 aromatic heterocycles. The van der Waals surface area contributed by atoms with Gasteiger partial charge < -0.3 is 5.32 Å². The van der Waals surface area contributed by atoms with Gasteiger partial charge in [0.2, 0.25) is 5.91 Å². The van der Waals surface area contributed by atoms with Gasteiger partial charge in [0.05, 0.1) is 15.6 Å². The summed E-state index contributed by atoms with van der Waals surface area (Å²) in [5, 5.41) is 4.41. The lowest BCUT2D eigenvalue weighted by atomic mass is 9.78. The lowest BCUT2D eigenvalue weighted by Crippen LogP contribution is -2.37. The molecule has 0 spiro atoms. The molecule has 0 saturated heterocycles. The van der Waals surface area contributed by atoms with Crippen LogP contribution >= 0.6 is 38.9 Å². The van der Waals surface area contributed by atoms with E-state index in [-0.39, 0.29) is 5.91 Å². The molecule has 0 aliphatic heterocycles. The first-order valence-corrected chi connectivity index (χ1v) is 10.2. The number of benzene rings is 2. The Hall–Kier alpha value is -1.43. The molecule has 3 nitrogen and oxygen atoms in total. The van der Waals surface area contributed by atoms with Crippen LogP contribution in [0.3, 0.4) is 0 Å². The maximum Gasteiger partial charge on any atom is 0.236 e. The Kier molecular flexibility index (Phi) is 4.56. The number of thiazole rings is 1. The topological polar surface area (TPSA) is 42.0 Å². The molecule has 1 aliphatic rings. The molecule has 1 N–H and O–H groups in total. The van der Waals surface area contributed by atoms with Gasteiger partial charge in [0, 0.05) is 9.50 Å². The van der Waals surface area contributed by atoms with Crippen molar-refractivity contribution in [1.82, 2.24) is 4.98 Å². The highest BCUT2D eigenvalue weighted by molar-refractivity contribution is 9.10. The summed E-state index contributed by atoms with van der Waals surface area (Å²) >= 11 is 11.0. The van der Waals surface area contributed by atoms with Crippen LogP contribution in [0.4, 0.5) is 5.13 Å². The smallest absolute Gasteiger partial charge is 0.236 e. The van der Waals surface area contributed by atoms with E-state index in [1.54, 1.807) is 0 Å². The summed E-state index contributed by atoms with van der Waals surface area (Å²) in [6.07, 6.45) is 3.83. The lowest BCUT2D eigenvalue weighted by molar-refractivity contribution is -0.121. The monoisotopic (exact) mass is 434 g/mol. The molecule has 0 bridgehead atoms. The highest BCUT2D eigenvalue weighted by Gasteiger charge is 2.42. The number of fused-ring (bicyclic) bond motifs is 1. The van der Waals surface area contributed by atoms with Gasteiger partial charge in [-0.1, -0.05) is 63.8 Å². The number of aromatic nitrogens is 1. The maximum absolute atomic E-state index is 13.2. The largest absolute Gasteiger partial charge is 0.301 e. The molecule has 2 aromatic carbocycles. The lowest BCUT2D eigenvalue weighted by Gasteiger charge is -2.27. The highest BCUT2D eigenvalue weighted by atomic mass is 79.9. The normalized spacial score (nSPS) is 16.2. The zero-order chi connectivity index (χ0) is 17.4. The first-order valence-electron chi connectivity index (χ1n) is 8.20. The zero-order valence-corrected chi connectivity index (χ0v) is 16.5. The number of rotatable bonds is 3. The molecule has 0 unspecified atom stereocenters. The summed E-state index contributed by atoms with van der Waals surface area (Å²) in [6, 6.07) is 13.6. The first-order chi connectivity index (χ1) is 12.1. The molecule has 1 saturated carbocycles. The van der Waals surface area contributed by atoms with Crippen LogP contribution in [-0.4, -0.2) is 10.9 Å². The van der Waals surface area contributed by atoms with Crippen LogP contribution in [0, 0.1) is 0 Å². The zero-order valence-electron chi connectivity index (χ0n) is 13.4. The van der Waals surface area contributed by atoms with Crippen molar-refractivity contribution >= 4 is 60.1 Å². The second kappa shape index (κ2) is 6.71. The highest BCUT2D eigenvalue weighted by Crippen LogP contribution is 2.42. The van der Waals surface area contributed by atoms with Gasteiger partial charge in [-0.15, -0.1) is 0 Å². The third-order valence-electron chi connectivity index (χ3n) is 4.86. The minimum absolute atomic E-state index is 0.0328. The Labute approximate surface area is 163 Å². The summed E-state index contributed by atoms with van der Waals surface area (Å²) in [7, 11) is 0. The Morgan fingerprint density at radius 3 is 2.60 bits per heavy atom. The number of halogens is 2. The Morgan fingerprint density at radius 2 is 1.88 bits per heavy atom. The van der Waals surface area contributed by atoms with Gasteiger partial charge in [-0.3, -0.25) is 4.79 Å². The third kappa shape index (κ3) is 3.21. The van der Waals surface area contributed by atoms with Gasteiger partial charge in [-0.25, -0.2) is 4.98 Å². The minimum atomic E-state index is -0.483. The van der Waals surface area contributed by atoms with E-state index in [9.17, 15) is 4.79 Å². The van der Waals surface area contributed by atoms with Crippen LogP contribution in [0.1, 0.15) is 31.2 Å². The van der Waals surface area contributed by atoms with Crippen molar-refractivity contribution in [2.24, 2.45) is 0 Å². The fourth-order valence-corrected chi connectivity index (χ4v) is 5.10. The molecule has 1 aliphatic carbocycles. The molecule has 6 heteroatoms. The average Bonchev–Trinajstić information content (AvgIpc) is 3.22. The van der Waals surface area contributed by atoms with E-state index < -0.39 is 5.41 Å². The third-order valence-corrected chi connectivity index (χ3v) is 6.54. The van der Waals surface area contributed by atoms with E-state index in [0.29, 0.717) is 10.2 Å². The summed E-state index contributed by atoms with van der Waals surface area (Å²) in [5.41, 5.74) is 1.45. The van der Waals surface area contributed by atoms with Crippen LogP contribution in [0.15, 0.2) is 46.9 Å². The maximum atomic E-state index is 13.2. The van der Waals surface area contributed by atoms with Gasteiger partial charge in [-0.2, -0.15) is 0 Å². The second-order valence-corrected chi connectivity index (χ2v) is 8.76. The quantitative estimate of drug-likeness (QED) is 0.535. The molecule has 0 atom stereocenters. The van der Waals surface area contributed by atoms with E-state index in [2.05, 4.69) is 26.2 Å². The molecule has 0 radical (unpaired) electrons. The molecule has 128 valence electrons. The fraction of sp³-hybridized carbons (Fsp3) is 0.263.